The molecule has 1 heterocycles. The molecule has 1 aromatic rings. The Bertz CT molecular complexity index is 439. The van der Waals surface area contributed by atoms with E-state index in [4.69, 9.17) is 0 Å². The Kier molecular flexibility index (Phi) is 6.07. The van der Waals surface area contributed by atoms with Crippen molar-refractivity contribution in [3.63, 3.8) is 0 Å². The van der Waals surface area contributed by atoms with Crippen molar-refractivity contribution < 1.29 is 9.90 Å². The molecule has 1 atom stereocenters. The fourth-order valence-corrected chi connectivity index (χ4v) is 2.30. The van der Waals surface area contributed by atoms with Crippen molar-refractivity contribution >= 4 is 17.2 Å². The maximum Gasteiger partial charge on any atom is 0.307 e. The number of carbonyl (C=O) groups is 1. The van der Waals surface area contributed by atoms with Crippen molar-refractivity contribution in [2.45, 2.75) is 45.8 Å². The van der Waals surface area contributed by atoms with Gasteiger partial charge in [-0.3, -0.25) is 9.59 Å². The lowest BCUT2D eigenvalue weighted by Crippen LogP contribution is -2.31. The van der Waals surface area contributed by atoms with E-state index in [1.165, 1.54) is 11.3 Å². The Labute approximate surface area is 110 Å². The first kappa shape index (κ1) is 14.9. The standard InChI is InChI=1S/C12H20N2O3S/c1-3-10(15)7-13-11(16)5-4-6-14-9(2)8-18-12(14)17/h8,10,15H,3-7H2,1-2H3,(H,13,16). The van der Waals surface area contributed by atoms with E-state index < -0.39 is 6.10 Å². The van der Waals surface area contributed by atoms with Gasteiger partial charge in [0, 0.05) is 30.6 Å². The Morgan fingerprint density at radius 1 is 1.61 bits per heavy atom. The van der Waals surface area contributed by atoms with Crippen LogP contribution < -0.4 is 10.2 Å². The highest BCUT2D eigenvalue weighted by atomic mass is 32.1. The van der Waals surface area contributed by atoms with Gasteiger partial charge in [0.2, 0.25) is 5.91 Å². The van der Waals surface area contributed by atoms with E-state index in [1.807, 2.05) is 19.2 Å². The lowest BCUT2D eigenvalue weighted by molar-refractivity contribution is -0.121. The average Bonchev–Trinajstić information content (AvgIpc) is 2.67. The summed E-state index contributed by atoms with van der Waals surface area (Å²) in [6.07, 6.45) is 1.16. The van der Waals surface area contributed by atoms with Crippen LogP contribution in [0.1, 0.15) is 31.9 Å². The molecular formula is C12H20N2O3S. The van der Waals surface area contributed by atoms with Crippen LogP contribution in [-0.2, 0) is 11.3 Å². The van der Waals surface area contributed by atoms with E-state index in [9.17, 15) is 14.7 Å². The van der Waals surface area contributed by atoms with Gasteiger partial charge in [-0.15, -0.1) is 0 Å². The molecule has 1 aromatic heterocycles. The van der Waals surface area contributed by atoms with Gasteiger partial charge in [0.05, 0.1) is 6.10 Å². The molecule has 0 radical (unpaired) electrons. The van der Waals surface area contributed by atoms with E-state index >= 15 is 0 Å². The van der Waals surface area contributed by atoms with E-state index in [0.717, 1.165) is 5.69 Å². The molecule has 1 unspecified atom stereocenters. The molecular weight excluding hydrogens is 252 g/mol. The Morgan fingerprint density at radius 3 is 2.89 bits per heavy atom. The van der Waals surface area contributed by atoms with Gasteiger partial charge >= 0.3 is 4.87 Å². The molecule has 0 aromatic carbocycles. The molecule has 0 fully saturated rings. The zero-order chi connectivity index (χ0) is 13.5. The number of nitrogens with zero attached hydrogens (tertiary/aromatic N) is 1. The predicted octanol–water partition coefficient (Wildman–Crippen LogP) is 0.886. The number of thiazole rings is 1. The molecule has 0 bridgehead atoms. The van der Waals surface area contributed by atoms with Crippen LogP contribution in [0.4, 0.5) is 0 Å². The van der Waals surface area contributed by atoms with E-state index in [0.29, 0.717) is 32.4 Å². The van der Waals surface area contributed by atoms with Gasteiger partial charge in [-0.1, -0.05) is 18.3 Å². The minimum Gasteiger partial charge on any atom is -0.391 e. The first-order chi connectivity index (χ1) is 8.54. The zero-order valence-corrected chi connectivity index (χ0v) is 11.6. The normalized spacial score (nSPS) is 12.4. The molecule has 0 aliphatic carbocycles. The second-order valence-corrected chi connectivity index (χ2v) is 5.08. The number of aliphatic hydroxyl groups is 1. The highest BCUT2D eigenvalue weighted by Gasteiger charge is 2.06. The van der Waals surface area contributed by atoms with Crippen LogP contribution in [0.25, 0.3) is 0 Å². The van der Waals surface area contributed by atoms with Crippen LogP contribution in [0.5, 0.6) is 0 Å². The molecule has 2 N–H and O–H groups in total. The lowest BCUT2D eigenvalue weighted by Gasteiger charge is -2.09. The minimum atomic E-state index is -0.476. The van der Waals surface area contributed by atoms with Crippen molar-refractivity contribution in [1.82, 2.24) is 9.88 Å². The summed E-state index contributed by atoms with van der Waals surface area (Å²) in [6.45, 7) is 4.61. The third-order valence-electron chi connectivity index (χ3n) is 2.77. The molecule has 5 nitrogen and oxygen atoms in total. The van der Waals surface area contributed by atoms with E-state index in [-0.39, 0.29) is 10.8 Å². The number of hydrogen-bond acceptors (Lipinski definition) is 4. The van der Waals surface area contributed by atoms with Gasteiger partial charge in [0.15, 0.2) is 0 Å². The average molecular weight is 272 g/mol. The van der Waals surface area contributed by atoms with Gasteiger partial charge in [-0.25, -0.2) is 0 Å². The van der Waals surface area contributed by atoms with Crippen LogP contribution in [0, 0.1) is 6.92 Å². The van der Waals surface area contributed by atoms with Crippen molar-refractivity contribution in [2.24, 2.45) is 0 Å². The summed E-state index contributed by atoms with van der Waals surface area (Å²) in [5.74, 6) is -0.0802. The second kappa shape index (κ2) is 7.33. The molecule has 102 valence electrons. The Balaban J connectivity index is 2.26. The molecule has 1 amide bonds. The van der Waals surface area contributed by atoms with E-state index in [1.54, 1.807) is 4.57 Å². The molecule has 0 saturated heterocycles. The maximum atomic E-state index is 11.5. The summed E-state index contributed by atoms with van der Waals surface area (Å²) < 4.78 is 1.68. The first-order valence-electron chi connectivity index (χ1n) is 6.14. The fraction of sp³-hybridized carbons (Fsp3) is 0.667. The summed E-state index contributed by atoms with van der Waals surface area (Å²) in [5, 5.41) is 13.8. The number of aliphatic hydroxyl groups excluding tert-OH is 1. The predicted molar refractivity (Wildman–Crippen MR) is 71.9 cm³/mol. The summed E-state index contributed by atoms with van der Waals surface area (Å²) >= 11 is 1.18. The smallest absolute Gasteiger partial charge is 0.307 e. The lowest BCUT2D eigenvalue weighted by atomic mass is 10.2. The number of aryl methyl sites for hydroxylation is 1. The van der Waals surface area contributed by atoms with Crippen molar-refractivity contribution in [2.75, 3.05) is 6.54 Å². The Hall–Kier alpha value is -1.14. The molecule has 0 spiro atoms. The van der Waals surface area contributed by atoms with Gasteiger partial charge < -0.3 is 15.0 Å². The van der Waals surface area contributed by atoms with Crippen LogP contribution in [0.3, 0.4) is 0 Å². The third kappa shape index (κ3) is 4.62. The molecule has 18 heavy (non-hydrogen) atoms. The van der Waals surface area contributed by atoms with Gasteiger partial charge in [0.25, 0.3) is 0 Å². The number of aromatic nitrogens is 1. The summed E-state index contributed by atoms with van der Waals surface area (Å²) in [5.41, 5.74) is 0.937. The Morgan fingerprint density at radius 2 is 2.33 bits per heavy atom. The molecule has 6 heteroatoms. The van der Waals surface area contributed by atoms with E-state index in [2.05, 4.69) is 5.32 Å². The van der Waals surface area contributed by atoms with Crippen LogP contribution >= 0.6 is 11.3 Å². The van der Waals surface area contributed by atoms with Crippen LogP contribution in [0.15, 0.2) is 10.2 Å². The largest absolute Gasteiger partial charge is 0.391 e. The first-order valence-corrected chi connectivity index (χ1v) is 7.02. The topological polar surface area (TPSA) is 71.3 Å². The van der Waals surface area contributed by atoms with Crippen molar-refractivity contribution in [1.29, 1.82) is 0 Å². The highest BCUT2D eigenvalue weighted by Crippen LogP contribution is 2.02. The number of carbonyl (C=O) groups excluding carboxylic acids is 1. The summed E-state index contributed by atoms with van der Waals surface area (Å²) in [4.78, 5) is 22.9. The third-order valence-corrected chi connectivity index (χ3v) is 3.65. The molecule has 0 aliphatic rings. The molecule has 1 rings (SSSR count). The van der Waals surface area contributed by atoms with Gasteiger partial charge in [-0.05, 0) is 19.8 Å². The van der Waals surface area contributed by atoms with Crippen molar-refractivity contribution in [3.05, 3.63) is 20.7 Å². The SMILES string of the molecule is CCC(O)CNC(=O)CCCn1c(C)csc1=O. The number of rotatable bonds is 7. The minimum absolute atomic E-state index is 0.0225. The molecule has 0 aliphatic heterocycles. The number of nitrogens with one attached hydrogen (secondary N) is 1. The molecule has 0 saturated carbocycles. The summed E-state index contributed by atoms with van der Waals surface area (Å²) in [7, 11) is 0. The second-order valence-electron chi connectivity index (χ2n) is 4.26. The van der Waals surface area contributed by atoms with Gasteiger partial charge in [0.1, 0.15) is 0 Å². The number of amides is 1. The van der Waals surface area contributed by atoms with Crippen molar-refractivity contribution in [3.8, 4) is 0 Å². The zero-order valence-electron chi connectivity index (χ0n) is 10.8. The number of hydrogen-bond donors (Lipinski definition) is 2. The highest BCUT2D eigenvalue weighted by molar-refractivity contribution is 7.07. The van der Waals surface area contributed by atoms with Gasteiger partial charge in [-0.2, -0.15) is 0 Å². The summed E-state index contributed by atoms with van der Waals surface area (Å²) in [6, 6.07) is 0. The van der Waals surface area contributed by atoms with Crippen LogP contribution in [-0.4, -0.2) is 28.2 Å². The maximum absolute atomic E-state index is 11.5. The van der Waals surface area contributed by atoms with Crippen LogP contribution in [0.2, 0.25) is 0 Å². The monoisotopic (exact) mass is 272 g/mol. The fourth-order valence-electron chi connectivity index (χ4n) is 1.54. The quantitative estimate of drug-likeness (QED) is 0.774.